The number of hydrogen-bond donors (Lipinski definition) is 2. The molecule has 1 unspecified atom stereocenters. The normalized spacial score (nSPS) is 12.0. The molecule has 25 heavy (non-hydrogen) atoms. The highest BCUT2D eigenvalue weighted by Gasteiger charge is 2.13. The molecule has 0 saturated carbocycles. The minimum Gasteiger partial charge on any atom is -0.490 e. The molecule has 2 aromatic carbocycles. The molecular weight excluding hydrogens is 345 g/mol. The maximum Gasteiger partial charge on any atom is 0.180 e. The summed E-state index contributed by atoms with van der Waals surface area (Å²) in [4.78, 5) is 0. The quantitative estimate of drug-likeness (QED) is 0.705. The van der Waals surface area contributed by atoms with E-state index in [1.165, 1.54) is 12.1 Å². The molecule has 0 radical (unpaired) electrons. The molecule has 0 heterocycles. The summed E-state index contributed by atoms with van der Waals surface area (Å²) in [5.74, 6) is 0.740. The van der Waals surface area contributed by atoms with Crippen LogP contribution in [0.4, 0.5) is 4.39 Å². The first-order chi connectivity index (χ1) is 12.0. The van der Waals surface area contributed by atoms with Crippen molar-refractivity contribution >= 4 is 11.6 Å². The van der Waals surface area contributed by atoms with E-state index in [9.17, 15) is 9.50 Å². The maximum absolute atomic E-state index is 13.0. The van der Waals surface area contributed by atoms with Crippen molar-refractivity contribution < 1.29 is 19.0 Å². The van der Waals surface area contributed by atoms with Crippen molar-refractivity contribution in [2.24, 2.45) is 0 Å². The van der Waals surface area contributed by atoms with Gasteiger partial charge in [-0.3, -0.25) is 0 Å². The van der Waals surface area contributed by atoms with Crippen molar-refractivity contribution in [1.82, 2.24) is 5.32 Å². The van der Waals surface area contributed by atoms with Gasteiger partial charge in [0.25, 0.3) is 0 Å². The third-order valence-corrected chi connectivity index (χ3v) is 3.72. The van der Waals surface area contributed by atoms with Crippen molar-refractivity contribution in [1.29, 1.82) is 0 Å². The van der Waals surface area contributed by atoms with Crippen LogP contribution >= 0.6 is 11.6 Å². The molecule has 2 N–H and O–H groups in total. The van der Waals surface area contributed by atoms with Crippen LogP contribution in [0.1, 0.15) is 25.0 Å². The van der Waals surface area contributed by atoms with Crippen LogP contribution in [0.5, 0.6) is 11.5 Å². The van der Waals surface area contributed by atoms with Gasteiger partial charge in [-0.15, -0.1) is 0 Å². The van der Waals surface area contributed by atoms with Gasteiger partial charge in [0.15, 0.2) is 11.5 Å². The smallest absolute Gasteiger partial charge is 0.180 e. The summed E-state index contributed by atoms with van der Waals surface area (Å²) in [6.45, 7) is 5.40. The molecule has 136 valence electrons. The monoisotopic (exact) mass is 367 g/mol. The second-order valence-corrected chi connectivity index (χ2v) is 6.14. The summed E-state index contributed by atoms with van der Waals surface area (Å²) >= 11 is 6.36. The van der Waals surface area contributed by atoms with Gasteiger partial charge in [-0.2, -0.15) is 0 Å². The van der Waals surface area contributed by atoms with E-state index in [1.807, 2.05) is 13.0 Å². The lowest BCUT2D eigenvalue weighted by Crippen LogP contribution is -2.23. The van der Waals surface area contributed by atoms with Crippen LogP contribution in [0.15, 0.2) is 36.4 Å². The first-order valence-corrected chi connectivity index (χ1v) is 8.58. The molecule has 0 amide bonds. The Morgan fingerprint density at radius 2 is 1.88 bits per heavy atom. The van der Waals surface area contributed by atoms with Gasteiger partial charge in [-0.1, -0.05) is 23.7 Å². The predicted octanol–water partition coefficient (Wildman–Crippen LogP) is 3.93. The van der Waals surface area contributed by atoms with Crippen molar-refractivity contribution in [2.45, 2.75) is 33.1 Å². The number of aliphatic hydroxyl groups excluding tert-OH is 1. The van der Waals surface area contributed by atoms with E-state index in [2.05, 4.69) is 5.32 Å². The number of aliphatic hydroxyl groups is 1. The number of ether oxygens (including phenoxy) is 2. The number of hydrogen-bond acceptors (Lipinski definition) is 4. The van der Waals surface area contributed by atoms with E-state index in [1.54, 1.807) is 25.1 Å². The zero-order chi connectivity index (χ0) is 18.2. The van der Waals surface area contributed by atoms with Gasteiger partial charge in [0.1, 0.15) is 12.4 Å². The first-order valence-electron chi connectivity index (χ1n) is 8.20. The van der Waals surface area contributed by atoms with Crippen molar-refractivity contribution in [3.8, 4) is 11.5 Å². The lowest BCUT2D eigenvalue weighted by molar-refractivity contribution is 0.191. The molecule has 1 atom stereocenters. The summed E-state index contributed by atoms with van der Waals surface area (Å²) in [7, 11) is 0. The Morgan fingerprint density at radius 3 is 2.52 bits per heavy atom. The van der Waals surface area contributed by atoms with Crippen LogP contribution < -0.4 is 14.8 Å². The highest BCUT2D eigenvalue weighted by Crippen LogP contribution is 2.37. The van der Waals surface area contributed by atoms with Crippen LogP contribution in [0.25, 0.3) is 0 Å². The van der Waals surface area contributed by atoms with Gasteiger partial charge in [0.05, 0.1) is 17.7 Å². The molecule has 0 fully saturated rings. The Bertz CT molecular complexity index is 677. The molecule has 0 saturated heterocycles. The molecule has 0 spiro atoms. The number of halogens is 2. The number of nitrogens with one attached hydrogen (secondary N) is 1. The Kier molecular flexibility index (Phi) is 7.50. The van der Waals surface area contributed by atoms with Crippen LogP contribution in [0, 0.1) is 5.82 Å². The highest BCUT2D eigenvalue weighted by atomic mass is 35.5. The van der Waals surface area contributed by atoms with E-state index in [0.717, 1.165) is 11.1 Å². The zero-order valence-electron chi connectivity index (χ0n) is 14.4. The molecule has 0 aliphatic carbocycles. The average molecular weight is 368 g/mol. The summed E-state index contributed by atoms with van der Waals surface area (Å²) in [5.41, 5.74) is 1.77. The third-order valence-electron chi connectivity index (χ3n) is 3.43. The summed E-state index contributed by atoms with van der Waals surface area (Å²) < 4.78 is 24.4. The van der Waals surface area contributed by atoms with Crippen molar-refractivity contribution in [3.05, 3.63) is 58.4 Å². The lowest BCUT2D eigenvalue weighted by Gasteiger charge is -2.16. The third kappa shape index (κ3) is 6.20. The highest BCUT2D eigenvalue weighted by molar-refractivity contribution is 6.32. The van der Waals surface area contributed by atoms with Crippen molar-refractivity contribution in [2.75, 3.05) is 13.2 Å². The van der Waals surface area contributed by atoms with Gasteiger partial charge in [0, 0.05) is 13.1 Å². The topological polar surface area (TPSA) is 50.7 Å². The minimum absolute atomic E-state index is 0.264. The molecular formula is C19H23ClFNO3. The zero-order valence-corrected chi connectivity index (χ0v) is 15.1. The fourth-order valence-electron chi connectivity index (χ4n) is 2.29. The summed E-state index contributed by atoms with van der Waals surface area (Å²) in [6.07, 6.45) is -0.417. The predicted molar refractivity (Wildman–Crippen MR) is 96.7 cm³/mol. The average Bonchev–Trinajstić information content (AvgIpc) is 2.55. The van der Waals surface area contributed by atoms with Gasteiger partial charge in [-0.25, -0.2) is 4.39 Å². The standard InChI is InChI=1S/C19H23ClFNO3/c1-3-24-18-9-15(11-22-10-13(2)23)8-17(20)19(18)25-12-14-4-6-16(21)7-5-14/h4-9,13,22-23H,3,10-12H2,1-2H3. The van der Waals surface area contributed by atoms with E-state index in [0.29, 0.717) is 36.2 Å². The summed E-state index contributed by atoms with van der Waals surface area (Å²) in [6, 6.07) is 9.78. The van der Waals surface area contributed by atoms with E-state index < -0.39 is 6.10 Å². The van der Waals surface area contributed by atoms with Crippen molar-refractivity contribution in [3.63, 3.8) is 0 Å². The van der Waals surface area contributed by atoms with Crippen LogP contribution in [-0.4, -0.2) is 24.4 Å². The lowest BCUT2D eigenvalue weighted by atomic mass is 10.2. The fraction of sp³-hybridized carbons (Fsp3) is 0.368. The van der Waals surface area contributed by atoms with Crippen LogP contribution in [0.3, 0.4) is 0 Å². The molecule has 0 aliphatic heterocycles. The van der Waals surface area contributed by atoms with E-state index >= 15 is 0 Å². The molecule has 0 aromatic heterocycles. The van der Waals surface area contributed by atoms with Gasteiger partial charge in [-0.05, 0) is 49.2 Å². The Morgan fingerprint density at radius 1 is 1.16 bits per heavy atom. The molecule has 4 nitrogen and oxygen atoms in total. The Balaban J connectivity index is 2.11. The second kappa shape index (κ2) is 9.61. The van der Waals surface area contributed by atoms with Gasteiger partial charge >= 0.3 is 0 Å². The number of rotatable bonds is 9. The van der Waals surface area contributed by atoms with Gasteiger partial charge < -0.3 is 19.9 Å². The fourth-order valence-corrected chi connectivity index (χ4v) is 2.58. The Hall–Kier alpha value is -1.82. The SMILES string of the molecule is CCOc1cc(CNCC(C)O)cc(Cl)c1OCc1ccc(F)cc1. The molecule has 0 bridgehead atoms. The number of benzene rings is 2. The Labute approximate surface area is 152 Å². The second-order valence-electron chi connectivity index (χ2n) is 5.73. The van der Waals surface area contributed by atoms with E-state index in [-0.39, 0.29) is 12.4 Å². The van der Waals surface area contributed by atoms with Gasteiger partial charge in [0.2, 0.25) is 0 Å². The molecule has 0 aliphatic rings. The minimum atomic E-state index is -0.417. The molecule has 2 rings (SSSR count). The van der Waals surface area contributed by atoms with E-state index in [4.69, 9.17) is 21.1 Å². The summed E-state index contributed by atoms with van der Waals surface area (Å²) in [5, 5.41) is 12.9. The molecule has 2 aromatic rings. The maximum atomic E-state index is 13.0. The van der Waals surface area contributed by atoms with Crippen LogP contribution in [-0.2, 0) is 13.2 Å². The first kappa shape index (κ1) is 19.5. The van der Waals surface area contributed by atoms with Crippen LogP contribution in [0.2, 0.25) is 5.02 Å². The molecule has 6 heteroatoms. The largest absolute Gasteiger partial charge is 0.490 e.